The number of hydrogen-bond donors (Lipinski definition) is 0. The predicted octanol–water partition coefficient (Wildman–Crippen LogP) is 12.2. The topological polar surface area (TPSA) is 51.6 Å². The van der Waals surface area contributed by atoms with Crippen molar-refractivity contribution in [2.24, 2.45) is 11.8 Å². The Morgan fingerprint density at radius 2 is 0.849 bits per heavy atom. The molecule has 0 aliphatic heterocycles. The zero-order chi connectivity index (χ0) is 37.1. The summed E-state index contributed by atoms with van der Waals surface area (Å²) in [5.41, 5.74) is 7.40. The molecule has 2 aliphatic rings. The second-order valence-corrected chi connectivity index (χ2v) is 15.4. The lowest BCUT2D eigenvalue weighted by Crippen LogP contribution is -2.13. The van der Waals surface area contributed by atoms with E-state index in [4.69, 9.17) is 0 Å². The molecule has 6 rings (SSSR count). The summed E-state index contributed by atoms with van der Waals surface area (Å²) in [5.74, 6) is 17.2. The van der Waals surface area contributed by atoms with Gasteiger partial charge in [-0.25, -0.2) is 19.9 Å². The van der Waals surface area contributed by atoms with E-state index in [0.717, 1.165) is 54.1 Å². The van der Waals surface area contributed by atoms with Gasteiger partial charge in [0.25, 0.3) is 0 Å². The van der Waals surface area contributed by atoms with Crippen molar-refractivity contribution in [3.8, 4) is 23.7 Å². The molecule has 0 N–H and O–H groups in total. The average molecular weight is 707 g/mol. The lowest BCUT2D eigenvalue weighted by Gasteiger charge is -2.28. The average Bonchev–Trinajstić information content (AvgIpc) is 3.21. The Kier molecular flexibility index (Phi) is 16.6. The van der Waals surface area contributed by atoms with Gasteiger partial charge in [0.05, 0.1) is 0 Å². The molecule has 0 saturated heterocycles. The zero-order valence-corrected chi connectivity index (χ0v) is 33.0. The third-order valence-corrected chi connectivity index (χ3v) is 11.3. The van der Waals surface area contributed by atoms with Crippen LogP contribution in [0.2, 0.25) is 0 Å². The van der Waals surface area contributed by atoms with Crippen molar-refractivity contribution in [1.82, 2.24) is 19.9 Å². The molecule has 0 unspecified atom stereocenters. The normalized spacial score (nSPS) is 19.5. The number of hydrogen-bond acceptors (Lipinski definition) is 4. The van der Waals surface area contributed by atoms with E-state index in [9.17, 15) is 0 Å². The van der Waals surface area contributed by atoms with E-state index >= 15 is 0 Å². The molecular weight excluding hydrogens is 645 g/mol. The van der Waals surface area contributed by atoms with Crippen molar-refractivity contribution in [3.63, 3.8) is 0 Å². The van der Waals surface area contributed by atoms with Crippen molar-refractivity contribution in [2.45, 2.75) is 149 Å². The van der Waals surface area contributed by atoms with Crippen molar-refractivity contribution in [3.05, 3.63) is 118 Å². The highest BCUT2D eigenvalue weighted by Gasteiger charge is 2.22. The number of benzene rings is 2. The molecule has 4 aromatic rings. The zero-order valence-electron chi connectivity index (χ0n) is 33.0. The van der Waals surface area contributed by atoms with Crippen LogP contribution in [0.3, 0.4) is 0 Å². The van der Waals surface area contributed by atoms with Crippen molar-refractivity contribution >= 4 is 0 Å². The molecule has 0 bridgehead atoms. The van der Waals surface area contributed by atoms with Crippen LogP contribution in [0.15, 0.2) is 73.3 Å². The van der Waals surface area contributed by atoms with Crippen LogP contribution in [0, 0.1) is 35.5 Å². The lowest BCUT2D eigenvalue weighted by molar-refractivity contribution is 0.308. The van der Waals surface area contributed by atoms with Gasteiger partial charge >= 0.3 is 0 Å². The highest BCUT2D eigenvalue weighted by molar-refractivity contribution is 5.41. The quantitative estimate of drug-likeness (QED) is 0.146. The number of unbranched alkanes of at least 4 members (excludes halogenated alkanes) is 1. The van der Waals surface area contributed by atoms with Gasteiger partial charge < -0.3 is 0 Å². The minimum absolute atomic E-state index is 0.600. The second kappa shape index (κ2) is 22.1. The first-order valence-electron chi connectivity index (χ1n) is 20.9. The van der Waals surface area contributed by atoms with Crippen molar-refractivity contribution in [1.29, 1.82) is 0 Å². The maximum atomic E-state index is 4.38. The summed E-state index contributed by atoms with van der Waals surface area (Å²) in [6, 6.07) is 17.6. The van der Waals surface area contributed by atoms with Crippen molar-refractivity contribution in [2.75, 3.05) is 0 Å². The highest BCUT2D eigenvalue weighted by atomic mass is 14.9. The molecule has 2 aromatic carbocycles. The first-order valence-corrected chi connectivity index (χ1v) is 20.9. The standard InChI is InChI=1S/C25H32N2.C24H30N2/c1-3-5-7-22-18-26-25(27-19-22)17-12-21-10-15-24(16-11-21)23-13-8-20(6-4-2)9-14-23;1-3-5-19-7-12-22(13-8-19)23-14-9-20(10-15-23)11-16-24-25-17-21(6-4-2)18-26-24/h10-11,15-16,18-20,23H,3-9,13-14H2,1-2H3;9-10,14-15,17-19,22H,3-8,12-13H2,1-2H3. The van der Waals surface area contributed by atoms with Gasteiger partial charge in [0.2, 0.25) is 11.6 Å². The SMILES string of the molecule is CCCCc1cnc(C#Cc2ccc(C3CCC(CCC)CC3)cc2)nc1.CCCc1cnc(C#Cc2ccc(C3CCC(CCC)CC3)cc2)nc1. The van der Waals surface area contributed by atoms with Crippen LogP contribution in [-0.4, -0.2) is 19.9 Å². The molecule has 4 nitrogen and oxygen atoms in total. The fraction of sp³-hybridized carbons (Fsp3) is 0.510. The fourth-order valence-corrected chi connectivity index (χ4v) is 8.09. The number of nitrogens with zero attached hydrogens (tertiary/aromatic N) is 4. The molecular formula is C49H62N4. The lowest BCUT2D eigenvalue weighted by atomic mass is 9.77. The first-order chi connectivity index (χ1) is 26.1. The fourth-order valence-electron chi connectivity index (χ4n) is 8.09. The van der Waals surface area contributed by atoms with Crippen LogP contribution in [0.4, 0.5) is 0 Å². The maximum absolute atomic E-state index is 4.38. The summed E-state index contributed by atoms with van der Waals surface area (Å²) in [7, 11) is 0. The third kappa shape index (κ3) is 13.3. The predicted molar refractivity (Wildman–Crippen MR) is 221 cm³/mol. The molecule has 2 aliphatic carbocycles. The molecule has 53 heavy (non-hydrogen) atoms. The summed E-state index contributed by atoms with van der Waals surface area (Å²) < 4.78 is 0. The molecule has 278 valence electrons. The number of aromatic nitrogens is 4. The van der Waals surface area contributed by atoms with Crippen LogP contribution in [0.1, 0.15) is 181 Å². The van der Waals surface area contributed by atoms with Gasteiger partial charge in [0.15, 0.2) is 0 Å². The van der Waals surface area contributed by atoms with Crippen LogP contribution in [-0.2, 0) is 12.8 Å². The molecule has 0 radical (unpaired) electrons. The van der Waals surface area contributed by atoms with Gasteiger partial charge in [0.1, 0.15) is 0 Å². The molecule has 2 fully saturated rings. The van der Waals surface area contributed by atoms with E-state index < -0.39 is 0 Å². The van der Waals surface area contributed by atoms with Gasteiger partial charge in [0, 0.05) is 35.9 Å². The van der Waals surface area contributed by atoms with Gasteiger partial charge in [-0.1, -0.05) is 102 Å². The maximum Gasteiger partial charge on any atom is 0.205 e. The Labute approximate surface area is 321 Å². The Morgan fingerprint density at radius 1 is 0.453 bits per heavy atom. The third-order valence-electron chi connectivity index (χ3n) is 11.3. The largest absolute Gasteiger partial charge is 0.229 e. The van der Waals surface area contributed by atoms with E-state index in [1.54, 1.807) is 0 Å². The van der Waals surface area contributed by atoms with Gasteiger partial charge in [-0.2, -0.15) is 0 Å². The highest BCUT2D eigenvalue weighted by Crippen LogP contribution is 2.38. The van der Waals surface area contributed by atoms with Crippen LogP contribution in [0.5, 0.6) is 0 Å². The van der Waals surface area contributed by atoms with E-state index in [0.29, 0.717) is 11.6 Å². The summed E-state index contributed by atoms with van der Waals surface area (Å²) in [5, 5.41) is 0. The Balaban J connectivity index is 0.000000204. The Bertz CT molecular complexity index is 1740. The molecule has 2 saturated carbocycles. The first kappa shape index (κ1) is 39.9. The Hall–Kier alpha value is -4.28. The van der Waals surface area contributed by atoms with E-state index in [1.807, 2.05) is 24.8 Å². The summed E-state index contributed by atoms with van der Waals surface area (Å²) in [4.78, 5) is 17.4. The molecule has 4 heteroatoms. The van der Waals surface area contributed by atoms with E-state index in [1.165, 1.54) is 112 Å². The molecule has 2 aromatic heterocycles. The monoisotopic (exact) mass is 706 g/mol. The van der Waals surface area contributed by atoms with Gasteiger partial charge in [-0.15, -0.1) is 0 Å². The minimum Gasteiger partial charge on any atom is -0.229 e. The Morgan fingerprint density at radius 3 is 1.21 bits per heavy atom. The van der Waals surface area contributed by atoms with Crippen LogP contribution in [0.25, 0.3) is 0 Å². The van der Waals surface area contributed by atoms with E-state index in [2.05, 4.69) is 120 Å². The van der Waals surface area contributed by atoms with Crippen molar-refractivity contribution < 1.29 is 0 Å². The smallest absolute Gasteiger partial charge is 0.205 e. The number of aryl methyl sites for hydroxylation is 2. The summed E-state index contributed by atoms with van der Waals surface area (Å²) in [6.07, 6.45) is 29.6. The molecule has 2 heterocycles. The summed E-state index contributed by atoms with van der Waals surface area (Å²) in [6.45, 7) is 8.96. The molecule has 0 spiro atoms. The van der Waals surface area contributed by atoms with Gasteiger partial charge in [-0.05, 0) is 153 Å². The van der Waals surface area contributed by atoms with Crippen LogP contribution < -0.4 is 0 Å². The number of rotatable bonds is 11. The minimum atomic E-state index is 0.600. The molecule has 0 atom stereocenters. The van der Waals surface area contributed by atoms with Crippen LogP contribution >= 0.6 is 0 Å². The second-order valence-electron chi connectivity index (χ2n) is 15.4. The van der Waals surface area contributed by atoms with E-state index in [-0.39, 0.29) is 0 Å². The van der Waals surface area contributed by atoms with Gasteiger partial charge in [-0.3, -0.25) is 0 Å². The molecule has 0 amide bonds. The summed E-state index contributed by atoms with van der Waals surface area (Å²) >= 11 is 0.